The standard InChI is InChI=1S/C17H25ClN2O/c1-4-9-17(10-11-19-12-17)16(21)20(3)13(2)14-7-5-6-8-15(14)18/h5-8,13,19H,4,9-12H2,1-3H3. The van der Waals surface area contributed by atoms with Gasteiger partial charge in [-0.3, -0.25) is 4.79 Å². The molecule has 0 aromatic heterocycles. The molecule has 1 saturated heterocycles. The molecule has 0 radical (unpaired) electrons. The molecule has 116 valence electrons. The fourth-order valence-corrected chi connectivity index (χ4v) is 3.59. The summed E-state index contributed by atoms with van der Waals surface area (Å²) in [5.74, 6) is 0.238. The van der Waals surface area contributed by atoms with Gasteiger partial charge in [0.05, 0.1) is 11.5 Å². The van der Waals surface area contributed by atoms with Crippen molar-refractivity contribution in [1.82, 2.24) is 10.2 Å². The quantitative estimate of drug-likeness (QED) is 0.900. The lowest BCUT2D eigenvalue weighted by molar-refractivity contribution is -0.142. The molecule has 1 heterocycles. The number of rotatable bonds is 5. The van der Waals surface area contributed by atoms with Gasteiger partial charge in [0.25, 0.3) is 0 Å². The Morgan fingerprint density at radius 1 is 1.48 bits per heavy atom. The van der Waals surface area contributed by atoms with E-state index in [0.717, 1.165) is 42.9 Å². The molecule has 0 aliphatic carbocycles. The molecule has 21 heavy (non-hydrogen) atoms. The van der Waals surface area contributed by atoms with E-state index in [1.807, 2.05) is 43.1 Å². The topological polar surface area (TPSA) is 32.3 Å². The van der Waals surface area contributed by atoms with Gasteiger partial charge >= 0.3 is 0 Å². The number of amides is 1. The predicted octanol–water partition coefficient (Wildman–Crippen LogP) is 3.64. The van der Waals surface area contributed by atoms with Gasteiger partial charge in [0, 0.05) is 18.6 Å². The third kappa shape index (κ3) is 3.24. The van der Waals surface area contributed by atoms with Crippen LogP contribution in [0.25, 0.3) is 0 Å². The highest BCUT2D eigenvalue weighted by atomic mass is 35.5. The van der Waals surface area contributed by atoms with E-state index in [0.29, 0.717) is 0 Å². The number of nitrogens with zero attached hydrogens (tertiary/aromatic N) is 1. The predicted molar refractivity (Wildman–Crippen MR) is 87.5 cm³/mol. The van der Waals surface area contributed by atoms with Crippen molar-refractivity contribution in [3.8, 4) is 0 Å². The van der Waals surface area contributed by atoms with E-state index in [4.69, 9.17) is 11.6 Å². The number of nitrogens with one attached hydrogen (secondary N) is 1. The van der Waals surface area contributed by atoms with Gasteiger partial charge in [0.1, 0.15) is 0 Å². The first kappa shape index (κ1) is 16.3. The van der Waals surface area contributed by atoms with Crippen LogP contribution in [-0.2, 0) is 4.79 Å². The molecule has 1 aromatic rings. The zero-order chi connectivity index (χ0) is 15.5. The summed E-state index contributed by atoms with van der Waals surface area (Å²) in [6.07, 6.45) is 2.90. The zero-order valence-corrected chi connectivity index (χ0v) is 13.9. The second-order valence-electron chi connectivity index (χ2n) is 6.07. The number of halogens is 1. The molecule has 0 bridgehead atoms. The van der Waals surface area contributed by atoms with E-state index in [-0.39, 0.29) is 17.4 Å². The highest BCUT2D eigenvalue weighted by molar-refractivity contribution is 6.31. The Morgan fingerprint density at radius 2 is 2.19 bits per heavy atom. The van der Waals surface area contributed by atoms with Crippen LogP contribution in [0.2, 0.25) is 5.02 Å². The van der Waals surface area contributed by atoms with Gasteiger partial charge in [-0.05, 0) is 37.9 Å². The lowest BCUT2D eigenvalue weighted by Crippen LogP contribution is -2.44. The Kier molecular flexibility index (Phi) is 5.28. The first-order chi connectivity index (χ1) is 10.0. The van der Waals surface area contributed by atoms with Crippen LogP contribution in [-0.4, -0.2) is 30.9 Å². The number of carbonyl (C=O) groups excluding carboxylic acids is 1. The van der Waals surface area contributed by atoms with Crippen molar-refractivity contribution < 1.29 is 4.79 Å². The van der Waals surface area contributed by atoms with Crippen LogP contribution < -0.4 is 5.32 Å². The molecule has 1 fully saturated rings. The lowest BCUT2D eigenvalue weighted by Gasteiger charge is -2.35. The third-order valence-corrected chi connectivity index (χ3v) is 5.03. The molecule has 1 aromatic carbocycles. The first-order valence-electron chi connectivity index (χ1n) is 7.74. The molecule has 2 rings (SSSR count). The highest BCUT2D eigenvalue weighted by Crippen LogP contribution is 2.36. The van der Waals surface area contributed by atoms with Crippen LogP contribution in [0.1, 0.15) is 44.7 Å². The summed E-state index contributed by atoms with van der Waals surface area (Å²) >= 11 is 6.27. The van der Waals surface area contributed by atoms with Crippen LogP contribution in [0.3, 0.4) is 0 Å². The second kappa shape index (κ2) is 6.80. The van der Waals surface area contributed by atoms with Crippen LogP contribution >= 0.6 is 11.6 Å². The Morgan fingerprint density at radius 3 is 2.76 bits per heavy atom. The largest absolute Gasteiger partial charge is 0.338 e. The molecule has 1 aliphatic heterocycles. The smallest absolute Gasteiger partial charge is 0.230 e. The molecule has 4 heteroatoms. The van der Waals surface area contributed by atoms with E-state index < -0.39 is 0 Å². The van der Waals surface area contributed by atoms with Crippen molar-refractivity contribution in [2.75, 3.05) is 20.1 Å². The van der Waals surface area contributed by atoms with Crippen molar-refractivity contribution in [3.63, 3.8) is 0 Å². The Labute approximate surface area is 132 Å². The Bertz CT molecular complexity index is 497. The van der Waals surface area contributed by atoms with E-state index in [1.165, 1.54) is 0 Å². The van der Waals surface area contributed by atoms with Gasteiger partial charge in [-0.1, -0.05) is 43.1 Å². The van der Waals surface area contributed by atoms with Crippen molar-refractivity contribution >= 4 is 17.5 Å². The minimum atomic E-state index is -0.237. The van der Waals surface area contributed by atoms with Crippen molar-refractivity contribution in [1.29, 1.82) is 0 Å². The van der Waals surface area contributed by atoms with Crippen molar-refractivity contribution in [3.05, 3.63) is 34.9 Å². The summed E-state index contributed by atoms with van der Waals surface area (Å²) in [4.78, 5) is 14.9. The minimum absolute atomic E-state index is 0.0134. The maximum absolute atomic E-state index is 13.0. The lowest BCUT2D eigenvalue weighted by atomic mass is 9.80. The van der Waals surface area contributed by atoms with E-state index in [1.54, 1.807) is 0 Å². The van der Waals surface area contributed by atoms with Crippen LogP contribution in [0.5, 0.6) is 0 Å². The average Bonchev–Trinajstić information content (AvgIpc) is 2.95. The second-order valence-corrected chi connectivity index (χ2v) is 6.48. The molecule has 1 aliphatic rings. The summed E-state index contributed by atoms with van der Waals surface area (Å²) in [7, 11) is 1.89. The molecule has 2 unspecified atom stereocenters. The maximum atomic E-state index is 13.0. The van der Waals surface area contributed by atoms with E-state index >= 15 is 0 Å². The number of benzene rings is 1. The normalized spacial score (nSPS) is 23.0. The van der Waals surface area contributed by atoms with Crippen molar-refractivity contribution in [2.24, 2.45) is 5.41 Å². The molecule has 1 amide bonds. The van der Waals surface area contributed by atoms with E-state index in [2.05, 4.69) is 12.2 Å². The molecule has 3 nitrogen and oxygen atoms in total. The molecule has 0 spiro atoms. The molecular weight excluding hydrogens is 284 g/mol. The number of hydrogen-bond acceptors (Lipinski definition) is 2. The SMILES string of the molecule is CCCC1(C(=O)N(C)C(C)c2ccccc2Cl)CCNC1. The van der Waals surface area contributed by atoms with Gasteiger partial charge < -0.3 is 10.2 Å². The van der Waals surface area contributed by atoms with Gasteiger partial charge in [0.15, 0.2) is 0 Å². The summed E-state index contributed by atoms with van der Waals surface area (Å²) in [6.45, 7) is 5.91. The van der Waals surface area contributed by atoms with Gasteiger partial charge in [-0.25, -0.2) is 0 Å². The fraction of sp³-hybridized carbons (Fsp3) is 0.588. The minimum Gasteiger partial charge on any atom is -0.338 e. The molecule has 0 saturated carbocycles. The molecular formula is C17H25ClN2O. The molecule has 1 N–H and O–H groups in total. The van der Waals surface area contributed by atoms with Gasteiger partial charge in [0.2, 0.25) is 5.91 Å². The average molecular weight is 309 g/mol. The highest BCUT2D eigenvalue weighted by Gasteiger charge is 2.42. The maximum Gasteiger partial charge on any atom is 0.230 e. The van der Waals surface area contributed by atoms with Gasteiger partial charge in [-0.15, -0.1) is 0 Å². The van der Waals surface area contributed by atoms with E-state index in [9.17, 15) is 4.79 Å². The third-order valence-electron chi connectivity index (χ3n) is 4.68. The monoisotopic (exact) mass is 308 g/mol. The first-order valence-corrected chi connectivity index (χ1v) is 8.12. The number of hydrogen-bond donors (Lipinski definition) is 1. The summed E-state index contributed by atoms with van der Waals surface area (Å²) in [5.41, 5.74) is 0.770. The molecule has 2 atom stereocenters. The van der Waals surface area contributed by atoms with Crippen LogP contribution in [0.4, 0.5) is 0 Å². The Balaban J connectivity index is 2.20. The Hall–Kier alpha value is -1.06. The van der Waals surface area contributed by atoms with Crippen LogP contribution in [0, 0.1) is 5.41 Å². The fourth-order valence-electron chi connectivity index (χ4n) is 3.30. The summed E-state index contributed by atoms with van der Waals surface area (Å²) in [6, 6.07) is 7.75. The summed E-state index contributed by atoms with van der Waals surface area (Å²) in [5, 5.41) is 4.07. The summed E-state index contributed by atoms with van der Waals surface area (Å²) < 4.78 is 0. The van der Waals surface area contributed by atoms with Gasteiger partial charge in [-0.2, -0.15) is 0 Å². The number of carbonyl (C=O) groups is 1. The van der Waals surface area contributed by atoms with Crippen molar-refractivity contribution in [2.45, 2.75) is 39.2 Å². The van der Waals surface area contributed by atoms with Crippen LogP contribution in [0.15, 0.2) is 24.3 Å². The zero-order valence-electron chi connectivity index (χ0n) is 13.2.